The van der Waals surface area contributed by atoms with Gasteiger partial charge in [0.2, 0.25) is 0 Å². The van der Waals surface area contributed by atoms with Crippen LogP contribution in [0.3, 0.4) is 0 Å². The highest BCUT2D eigenvalue weighted by atomic mass is 35.5. The molecule has 0 aliphatic rings. The van der Waals surface area contributed by atoms with Crippen LogP contribution in [0.25, 0.3) is 32.8 Å². The van der Waals surface area contributed by atoms with Crippen molar-refractivity contribution in [2.75, 3.05) is 0 Å². The summed E-state index contributed by atoms with van der Waals surface area (Å²) in [7, 11) is 0. The van der Waals surface area contributed by atoms with Crippen LogP contribution in [-0.2, 0) is 0 Å². The molecule has 21 heavy (non-hydrogen) atoms. The summed E-state index contributed by atoms with van der Waals surface area (Å²) in [4.78, 5) is 4.45. The van der Waals surface area contributed by atoms with Crippen molar-refractivity contribution in [3.63, 3.8) is 0 Å². The lowest BCUT2D eigenvalue weighted by atomic mass is 9.98. The molecule has 2 heteroatoms. The van der Waals surface area contributed by atoms with Crippen LogP contribution >= 0.6 is 11.6 Å². The molecule has 0 saturated carbocycles. The van der Waals surface area contributed by atoms with E-state index in [1.807, 2.05) is 12.1 Å². The van der Waals surface area contributed by atoms with Crippen molar-refractivity contribution >= 4 is 33.1 Å². The second-order valence-corrected chi connectivity index (χ2v) is 5.47. The van der Waals surface area contributed by atoms with Crippen molar-refractivity contribution in [1.82, 2.24) is 4.98 Å². The monoisotopic (exact) mass is 289 g/mol. The van der Waals surface area contributed by atoms with E-state index < -0.39 is 0 Å². The predicted molar refractivity (Wildman–Crippen MR) is 89.7 cm³/mol. The topological polar surface area (TPSA) is 12.9 Å². The summed E-state index contributed by atoms with van der Waals surface area (Å²) in [6.45, 7) is 0. The first kappa shape index (κ1) is 12.4. The van der Waals surface area contributed by atoms with Gasteiger partial charge in [-0.2, -0.15) is 0 Å². The maximum absolute atomic E-state index is 6.31. The van der Waals surface area contributed by atoms with Crippen molar-refractivity contribution in [3.8, 4) is 11.3 Å². The van der Waals surface area contributed by atoms with E-state index >= 15 is 0 Å². The average molecular weight is 290 g/mol. The van der Waals surface area contributed by atoms with Gasteiger partial charge in [-0.05, 0) is 45.8 Å². The number of rotatable bonds is 1. The van der Waals surface area contributed by atoms with Crippen molar-refractivity contribution in [2.24, 2.45) is 0 Å². The van der Waals surface area contributed by atoms with Gasteiger partial charge in [-0.3, -0.25) is 4.98 Å². The van der Waals surface area contributed by atoms with Gasteiger partial charge in [0.15, 0.2) is 0 Å². The van der Waals surface area contributed by atoms with Crippen LogP contribution in [0, 0.1) is 0 Å². The Kier molecular flexibility index (Phi) is 2.87. The molecule has 0 aliphatic heterocycles. The summed E-state index contributed by atoms with van der Waals surface area (Å²) in [6, 6.07) is 22.8. The maximum atomic E-state index is 6.31. The fourth-order valence-corrected chi connectivity index (χ4v) is 2.98. The van der Waals surface area contributed by atoms with Crippen LogP contribution in [0.15, 0.2) is 72.9 Å². The molecular formula is C19H12ClN. The molecule has 0 aliphatic carbocycles. The lowest BCUT2D eigenvalue weighted by molar-refractivity contribution is 1.33. The Morgan fingerprint density at radius 3 is 2.29 bits per heavy atom. The smallest absolute Gasteiger partial charge is 0.0894 e. The van der Waals surface area contributed by atoms with E-state index in [2.05, 4.69) is 59.6 Å². The zero-order valence-electron chi connectivity index (χ0n) is 11.3. The highest BCUT2D eigenvalue weighted by Crippen LogP contribution is 2.33. The molecule has 0 radical (unpaired) electrons. The fraction of sp³-hybridized carbons (Fsp3) is 0. The lowest BCUT2D eigenvalue weighted by Crippen LogP contribution is -1.86. The van der Waals surface area contributed by atoms with E-state index in [9.17, 15) is 0 Å². The van der Waals surface area contributed by atoms with Crippen molar-refractivity contribution in [1.29, 1.82) is 0 Å². The van der Waals surface area contributed by atoms with Gasteiger partial charge in [-0.15, -0.1) is 0 Å². The third-order valence-electron chi connectivity index (χ3n) is 3.76. The number of aromatic nitrogens is 1. The molecule has 0 amide bonds. The summed E-state index contributed by atoms with van der Waals surface area (Å²) in [5, 5.41) is 5.53. The summed E-state index contributed by atoms with van der Waals surface area (Å²) < 4.78 is 0. The molecule has 1 aromatic heterocycles. The number of pyridine rings is 1. The van der Waals surface area contributed by atoms with Crippen LogP contribution in [0.4, 0.5) is 0 Å². The van der Waals surface area contributed by atoms with Gasteiger partial charge in [0, 0.05) is 11.8 Å². The molecule has 0 bridgehead atoms. The Balaban J connectivity index is 2.10. The first-order valence-corrected chi connectivity index (χ1v) is 7.23. The molecule has 0 unspecified atom stereocenters. The fourth-order valence-electron chi connectivity index (χ4n) is 2.76. The summed E-state index contributed by atoms with van der Waals surface area (Å²) in [5.74, 6) is 0. The van der Waals surface area contributed by atoms with Crippen LogP contribution < -0.4 is 0 Å². The van der Waals surface area contributed by atoms with Gasteiger partial charge in [-0.25, -0.2) is 0 Å². The standard InChI is InChI=1S/C19H12ClN/c20-18-9-4-10-21-19(18)16-8-3-7-15-11-13-5-1-2-6-14(13)12-17(15)16/h1-12H. The minimum atomic E-state index is 0.679. The largest absolute Gasteiger partial charge is 0.255 e. The molecule has 1 nitrogen and oxygen atoms in total. The van der Waals surface area contributed by atoms with E-state index in [0.717, 1.165) is 11.3 Å². The van der Waals surface area contributed by atoms with Gasteiger partial charge < -0.3 is 0 Å². The maximum Gasteiger partial charge on any atom is 0.0894 e. The Hall–Kier alpha value is -2.38. The molecule has 4 rings (SSSR count). The van der Waals surface area contributed by atoms with E-state index in [0.29, 0.717) is 5.02 Å². The number of halogens is 1. The second-order valence-electron chi connectivity index (χ2n) is 5.06. The van der Waals surface area contributed by atoms with E-state index in [1.54, 1.807) is 6.20 Å². The lowest BCUT2D eigenvalue weighted by Gasteiger charge is -2.09. The zero-order valence-corrected chi connectivity index (χ0v) is 12.0. The molecule has 3 aromatic carbocycles. The second kappa shape index (κ2) is 4.87. The zero-order chi connectivity index (χ0) is 14.2. The Labute approximate surface area is 127 Å². The van der Waals surface area contributed by atoms with Gasteiger partial charge in [0.25, 0.3) is 0 Å². The number of benzene rings is 3. The van der Waals surface area contributed by atoms with Gasteiger partial charge >= 0.3 is 0 Å². The van der Waals surface area contributed by atoms with Gasteiger partial charge in [0.1, 0.15) is 0 Å². The number of nitrogens with zero attached hydrogens (tertiary/aromatic N) is 1. The van der Waals surface area contributed by atoms with Crippen molar-refractivity contribution in [3.05, 3.63) is 77.9 Å². The highest BCUT2D eigenvalue weighted by molar-refractivity contribution is 6.33. The minimum absolute atomic E-state index is 0.679. The molecule has 0 spiro atoms. The molecule has 0 saturated heterocycles. The van der Waals surface area contributed by atoms with Gasteiger partial charge in [-0.1, -0.05) is 54.1 Å². The summed E-state index contributed by atoms with van der Waals surface area (Å²) in [6.07, 6.45) is 1.78. The Morgan fingerprint density at radius 1 is 0.714 bits per heavy atom. The molecule has 4 aromatic rings. The van der Waals surface area contributed by atoms with E-state index in [-0.39, 0.29) is 0 Å². The molecule has 0 fully saturated rings. The number of hydrogen-bond donors (Lipinski definition) is 0. The average Bonchev–Trinajstić information content (AvgIpc) is 2.53. The van der Waals surface area contributed by atoms with E-state index in [1.165, 1.54) is 21.5 Å². The molecular weight excluding hydrogens is 278 g/mol. The van der Waals surface area contributed by atoms with Gasteiger partial charge in [0.05, 0.1) is 10.7 Å². The summed E-state index contributed by atoms with van der Waals surface area (Å²) >= 11 is 6.31. The number of hydrogen-bond acceptors (Lipinski definition) is 1. The molecule has 0 atom stereocenters. The Morgan fingerprint density at radius 2 is 1.48 bits per heavy atom. The van der Waals surface area contributed by atoms with Crippen LogP contribution in [0.5, 0.6) is 0 Å². The molecule has 0 N–H and O–H groups in total. The minimum Gasteiger partial charge on any atom is -0.255 e. The third kappa shape index (κ3) is 2.07. The molecule has 100 valence electrons. The van der Waals surface area contributed by atoms with E-state index in [4.69, 9.17) is 11.6 Å². The SMILES string of the molecule is Clc1cccnc1-c1cccc2cc3ccccc3cc12. The highest BCUT2D eigenvalue weighted by Gasteiger charge is 2.09. The molecule has 1 heterocycles. The van der Waals surface area contributed by atoms with Crippen molar-refractivity contribution in [2.45, 2.75) is 0 Å². The number of fused-ring (bicyclic) bond motifs is 2. The first-order valence-electron chi connectivity index (χ1n) is 6.85. The van der Waals surface area contributed by atoms with Crippen molar-refractivity contribution < 1.29 is 0 Å². The quantitative estimate of drug-likeness (QED) is 0.409. The Bertz CT molecular complexity index is 960. The van der Waals surface area contributed by atoms with Crippen LogP contribution in [0.2, 0.25) is 5.02 Å². The third-order valence-corrected chi connectivity index (χ3v) is 4.07. The predicted octanol–water partition coefficient (Wildman–Crippen LogP) is 5.71. The van der Waals surface area contributed by atoms with Crippen LogP contribution in [0.1, 0.15) is 0 Å². The van der Waals surface area contributed by atoms with Crippen LogP contribution in [-0.4, -0.2) is 4.98 Å². The first-order chi connectivity index (χ1) is 10.3. The summed E-state index contributed by atoms with van der Waals surface area (Å²) in [5.41, 5.74) is 1.91. The normalized spacial score (nSPS) is 11.1.